The molecular weight excluding hydrogens is 382 g/mol. The molecule has 4 atom stereocenters. The van der Waals surface area contributed by atoms with E-state index in [2.05, 4.69) is 12.2 Å². The van der Waals surface area contributed by atoms with Gasteiger partial charge in [-0.15, -0.1) is 0 Å². The zero-order valence-electron chi connectivity index (χ0n) is 17.5. The molecule has 160 valence electrons. The van der Waals surface area contributed by atoms with Crippen LogP contribution in [0.4, 0.5) is 0 Å². The first-order valence-electron chi connectivity index (χ1n) is 10.8. The molecule has 30 heavy (non-hydrogen) atoms. The highest BCUT2D eigenvalue weighted by atomic mass is 16.5. The average molecular weight is 412 g/mol. The summed E-state index contributed by atoms with van der Waals surface area (Å²) in [4.78, 5) is 24.5. The lowest BCUT2D eigenvalue weighted by atomic mass is 9.89. The Labute approximate surface area is 175 Å². The summed E-state index contributed by atoms with van der Waals surface area (Å²) in [6.45, 7) is 3.90. The second-order valence-corrected chi connectivity index (χ2v) is 9.37. The molecule has 5 rings (SSSR count). The van der Waals surface area contributed by atoms with E-state index in [9.17, 15) is 14.7 Å². The van der Waals surface area contributed by atoms with Crippen LogP contribution in [0.1, 0.15) is 60.5 Å². The maximum atomic E-state index is 12.9. The average Bonchev–Trinajstić information content (AvgIpc) is 3.64. The van der Waals surface area contributed by atoms with Crippen molar-refractivity contribution in [2.24, 2.45) is 17.6 Å². The van der Waals surface area contributed by atoms with Gasteiger partial charge in [-0.2, -0.15) is 0 Å². The fraction of sp³-hybridized carbons (Fsp3) is 0.565. The number of hydrogen-bond donors (Lipinski definition) is 3. The number of aromatic nitrogens is 1. The SMILES string of the molecule is COc1c(C2CC23C[C@H]([C@H](C)CN)CN3)ccc2c(=O)c(C(=O)O)cn(C3CC3)c12. The number of benzene rings is 1. The standard InChI is InChI=1S/C23H29N3O4/c1-12(9-24)13-7-23(25-10-13)8-18(23)15-5-6-16-19(21(15)30-2)26(14-3-4-14)11-17(20(16)27)22(28)29/h5-6,11-14,18,25H,3-4,7-10,24H2,1-2H3,(H,28,29)/t12-,13+,18?,23?/m1/s1. The van der Waals surface area contributed by atoms with Crippen LogP contribution in [0.2, 0.25) is 0 Å². The number of aromatic carboxylic acids is 1. The van der Waals surface area contributed by atoms with Gasteiger partial charge in [0, 0.05) is 29.3 Å². The van der Waals surface area contributed by atoms with Crippen LogP contribution in [0.3, 0.4) is 0 Å². The molecule has 2 unspecified atom stereocenters. The third-order valence-electron chi connectivity index (χ3n) is 7.52. The Morgan fingerprint density at radius 1 is 1.40 bits per heavy atom. The minimum absolute atomic E-state index is 0.0841. The first-order chi connectivity index (χ1) is 14.4. The molecule has 1 aromatic heterocycles. The number of hydrogen-bond acceptors (Lipinski definition) is 5. The minimum Gasteiger partial charge on any atom is -0.494 e. The quantitative estimate of drug-likeness (QED) is 0.674. The molecule has 3 fully saturated rings. The number of nitrogens with zero attached hydrogens (tertiary/aromatic N) is 1. The number of fused-ring (bicyclic) bond motifs is 1. The zero-order chi connectivity index (χ0) is 21.2. The van der Waals surface area contributed by atoms with Crippen molar-refractivity contribution in [3.63, 3.8) is 0 Å². The predicted molar refractivity (Wildman–Crippen MR) is 114 cm³/mol. The molecule has 0 bridgehead atoms. The molecule has 2 heterocycles. The first-order valence-corrected chi connectivity index (χ1v) is 10.8. The molecule has 1 spiro atoms. The summed E-state index contributed by atoms with van der Waals surface area (Å²) in [5.74, 6) is 0.928. The van der Waals surface area contributed by atoms with Crippen LogP contribution in [0.15, 0.2) is 23.1 Å². The summed E-state index contributed by atoms with van der Waals surface area (Å²) in [5, 5.41) is 13.7. The molecule has 0 radical (unpaired) electrons. The zero-order valence-corrected chi connectivity index (χ0v) is 17.5. The van der Waals surface area contributed by atoms with Gasteiger partial charge in [0.1, 0.15) is 11.3 Å². The molecule has 1 saturated heterocycles. The summed E-state index contributed by atoms with van der Waals surface area (Å²) >= 11 is 0. The van der Waals surface area contributed by atoms with Crippen molar-refractivity contribution in [1.29, 1.82) is 0 Å². The molecule has 7 heteroatoms. The van der Waals surface area contributed by atoms with Gasteiger partial charge >= 0.3 is 5.97 Å². The van der Waals surface area contributed by atoms with E-state index in [1.807, 2.05) is 10.6 Å². The molecule has 1 aliphatic heterocycles. The Kier molecular flexibility index (Phi) is 4.45. The van der Waals surface area contributed by atoms with Crippen LogP contribution in [0.5, 0.6) is 5.75 Å². The van der Waals surface area contributed by atoms with Gasteiger partial charge in [0.2, 0.25) is 5.43 Å². The van der Waals surface area contributed by atoms with Crippen LogP contribution >= 0.6 is 0 Å². The van der Waals surface area contributed by atoms with Crippen LogP contribution in [0, 0.1) is 11.8 Å². The molecule has 2 saturated carbocycles. The lowest BCUT2D eigenvalue weighted by molar-refractivity contribution is 0.0695. The third-order valence-corrected chi connectivity index (χ3v) is 7.52. The first kappa shape index (κ1) is 19.6. The fourth-order valence-corrected chi connectivity index (χ4v) is 5.39. The Hall–Kier alpha value is -2.38. The van der Waals surface area contributed by atoms with Crippen molar-refractivity contribution in [3.05, 3.63) is 39.7 Å². The topological polar surface area (TPSA) is 107 Å². The Morgan fingerprint density at radius 2 is 2.17 bits per heavy atom. The number of rotatable bonds is 6. The van der Waals surface area contributed by atoms with Crippen LogP contribution < -0.4 is 21.2 Å². The summed E-state index contributed by atoms with van der Waals surface area (Å²) in [7, 11) is 1.64. The number of nitrogens with two attached hydrogens (primary N) is 1. The van der Waals surface area contributed by atoms with Gasteiger partial charge in [-0.3, -0.25) is 4.79 Å². The van der Waals surface area contributed by atoms with E-state index in [-0.39, 0.29) is 17.1 Å². The second-order valence-electron chi connectivity index (χ2n) is 9.37. The summed E-state index contributed by atoms with van der Waals surface area (Å²) in [5.41, 5.74) is 7.20. The van der Waals surface area contributed by atoms with Gasteiger partial charge < -0.3 is 25.5 Å². The number of methoxy groups -OCH3 is 1. The van der Waals surface area contributed by atoms with E-state index in [0.29, 0.717) is 35.4 Å². The molecular formula is C23H29N3O4. The summed E-state index contributed by atoms with van der Waals surface area (Å²) < 4.78 is 7.83. The molecule has 2 aliphatic carbocycles. The Bertz CT molecular complexity index is 1090. The van der Waals surface area contributed by atoms with Crippen molar-refractivity contribution < 1.29 is 14.6 Å². The van der Waals surface area contributed by atoms with E-state index in [0.717, 1.165) is 43.3 Å². The van der Waals surface area contributed by atoms with Crippen molar-refractivity contribution in [2.75, 3.05) is 20.2 Å². The number of ether oxygens (including phenoxy) is 1. The Morgan fingerprint density at radius 3 is 2.80 bits per heavy atom. The number of carboxylic acids is 1. The fourth-order valence-electron chi connectivity index (χ4n) is 5.39. The van der Waals surface area contributed by atoms with E-state index in [4.69, 9.17) is 10.5 Å². The third kappa shape index (κ3) is 2.87. The molecule has 4 N–H and O–H groups in total. The van der Waals surface area contributed by atoms with Crippen LogP contribution in [0.25, 0.3) is 10.9 Å². The largest absolute Gasteiger partial charge is 0.494 e. The van der Waals surface area contributed by atoms with Gasteiger partial charge in [-0.1, -0.05) is 13.0 Å². The monoisotopic (exact) mass is 411 g/mol. The molecule has 0 amide bonds. The number of pyridine rings is 1. The number of carboxylic acid groups (broad SMARTS) is 1. The van der Waals surface area contributed by atoms with E-state index in [1.54, 1.807) is 13.2 Å². The summed E-state index contributed by atoms with van der Waals surface area (Å²) in [6, 6.07) is 3.98. The van der Waals surface area contributed by atoms with Crippen LogP contribution in [-0.4, -0.2) is 41.4 Å². The van der Waals surface area contributed by atoms with Crippen molar-refractivity contribution in [3.8, 4) is 5.75 Å². The number of nitrogens with one attached hydrogen (secondary N) is 1. The Balaban J connectivity index is 1.60. The molecule has 2 aromatic rings. The van der Waals surface area contributed by atoms with Gasteiger partial charge in [0.15, 0.2) is 0 Å². The lowest BCUT2D eigenvalue weighted by Gasteiger charge is -2.19. The highest BCUT2D eigenvalue weighted by molar-refractivity contribution is 5.95. The van der Waals surface area contributed by atoms with E-state index in [1.165, 1.54) is 6.20 Å². The number of carbonyl (C=O) groups is 1. The highest BCUT2D eigenvalue weighted by Gasteiger charge is 2.59. The molecule has 1 aromatic carbocycles. The minimum atomic E-state index is -1.18. The highest BCUT2D eigenvalue weighted by Crippen LogP contribution is 2.60. The van der Waals surface area contributed by atoms with Crippen molar-refractivity contribution in [1.82, 2.24) is 9.88 Å². The van der Waals surface area contributed by atoms with Gasteiger partial charge in [-0.05, 0) is 56.7 Å². The lowest BCUT2D eigenvalue weighted by Crippen LogP contribution is -2.25. The smallest absolute Gasteiger partial charge is 0.341 e. The van der Waals surface area contributed by atoms with Gasteiger partial charge in [0.25, 0.3) is 0 Å². The molecule has 7 nitrogen and oxygen atoms in total. The summed E-state index contributed by atoms with van der Waals surface area (Å²) in [6.07, 6.45) is 5.62. The van der Waals surface area contributed by atoms with Crippen LogP contribution in [-0.2, 0) is 0 Å². The molecule has 3 aliphatic rings. The van der Waals surface area contributed by atoms with E-state index < -0.39 is 11.4 Å². The normalized spacial score (nSPS) is 28.8. The van der Waals surface area contributed by atoms with Crippen molar-refractivity contribution >= 4 is 16.9 Å². The van der Waals surface area contributed by atoms with Gasteiger partial charge in [0.05, 0.1) is 18.0 Å². The van der Waals surface area contributed by atoms with Gasteiger partial charge in [-0.25, -0.2) is 4.79 Å². The van der Waals surface area contributed by atoms with Crippen molar-refractivity contribution in [2.45, 2.75) is 50.1 Å². The van der Waals surface area contributed by atoms with E-state index >= 15 is 0 Å². The maximum Gasteiger partial charge on any atom is 0.341 e. The maximum absolute atomic E-state index is 12.9. The predicted octanol–water partition coefficient (Wildman–Crippen LogP) is 2.47. The second kappa shape index (κ2) is 6.82.